The number of rotatable bonds is 1. The minimum Gasteiger partial charge on any atom is -0.772 e. The molecule has 0 aromatic rings. The lowest BCUT2D eigenvalue weighted by atomic mass is 10.0. The van der Waals surface area contributed by atoms with Crippen LogP contribution in [0.15, 0.2) is 12.2 Å². The van der Waals surface area contributed by atoms with Crippen LogP contribution in [-0.2, 0) is 0 Å². The van der Waals surface area contributed by atoms with E-state index in [1.54, 1.807) is 0 Å². The van der Waals surface area contributed by atoms with Crippen molar-refractivity contribution in [1.29, 1.82) is 0 Å². The first-order chi connectivity index (χ1) is 4.30. The first-order valence-electron chi connectivity index (χ1n) is 3.17. The summed E-state index contributed by atoms with van der Waals surface area (Å²) in [5.41, 5.74) is 0. The SMILES string of the molecule is NN([O-])C1CC=CCC1. The van der Waals surface area contributed by atoms with Crippen molar-refractivity contribution in [3.8, 4) is 0 Å². The molecule has 0 saturated carbocycles. The molecule has 1 aliphatic rings. The second-order valence-electron chi connectivity index (χ2n) is 2.30. The maximum Gasteiger partial charge on any atom is 0.0143 e. The molecule has 1 aliphatic carbocycles. The Morgan fingerprint density at radius 3 is 2.67 bits per heavy atom. The Labute approximate surface area is 54.7 Å². The molecule has 0 fully saturated rings. The summed E-state index contributed by atoms with van der Waals surface area (Å²) in [5, 5.41) is 11.0. The predicted octanol–water partition coefficient (Wildman–Crippen LogP) is 0.769. The van der Waals surface area contributed by atoms with Crippen LogP contribution in [0.4, 0.5) is 0 Å². The number of allylic oxidation sites excluding steroid dienone is 1. The van der Waals surface area contributed by atoms with Gasteiger partial charge >= 0.3 is 0 Å². The molecule has 1 rings (SSSR count). The van der Waals surface area contributed by atoms with E-state index in [2.05, 4.69) is 6.08 Å². The van der Waals surface area contributed by atoms with Gasteiger partial charge in [0.25, 0.3) is 0 Å². The minimum absolute atomic E-state index is 0.0231. The molecule has 0 heterocycles. The van der Waals surface area contributed by atoms with Crippen LogP contribution >= 0.6 is 0 Å². The summed E-state index contributed by atoms with van der Waals surface area (Å²) in [7, 11) is 0. The van der Waals surface area contributed by atoms with Crippen LogP contribution in [0.1, 0.15) is 19.3 Å². The average Bonchev–Trinajstić information content (AvgIpc) is 1.90. The van der Waals surface area contributed by atoms with Crippen LogP contribution in [0.2, 0.25) is 0 Å². The molecule has 1 unspecified atom stereocenters. The van der Waals surface area contributed by atoms with Crippen LogP contribution in [0.3, 0.4) is 0 Å². The Kier molecular flexibility index (Phi) is 2.22. The molecular weight excluding hydrogens is 116 g/mol. The van der Waals surface area contributed by atoms with Crippen LogP contribution in [-0.4, -0.2) is 11.2 Å². The minimum atomic E-state index is 0.0231. The lowest BCUT2D eigenvalue weighted by Crippen LogP contribution is -2.36. The monoisotopic (exact) mass is 127 g/mol. The molecule has 52 valence electrons. The molecule has 1 atom stereocenters. The number of hydrazine groups is 1. The molecule has 9 heavy (non-hydrogen) atoms. The van der Waals surface area contributed by atoms with Gasteiger partial charge in [-0.2, -0.15) is 0 Å². The van der Waals surface area contributed by atoms with Crippen molar-refractivity contribution in [2.45, 2.75) is 25.3 Å². The van der Waals surface area contributed by atoms with Crippen LogP contribution < -0.4 is 5.84 Å². The van der Waals surface area contributed by atoms with Crippen molar-refractivity contribution in [3.63, 3.8) is 0 Å². The van der Waals surface area contributed by atoms with Gasteiger partial charge in [-0.1, -0.05) is 12.2 Å². The summed E-state index contributed by atoms with van der Waals surface area (Å²) in [5.74, 6) is 5.01. The van der Waals surface area contributed by atoms with E-state index < -0.39 is 0 Å². The highest BCUT2D eigenvalue weighted by Crippen LogP contribution is 2.13. The quantitative estimate of drug-likeness (QED) is 0.321. The molecule has 2 N–H and O–H groups in total. The summed E-state index contributed by atoms with van der Waals surface area (Å²) < 4.78 is 0. The standard InChI is InChI=1S/C6H11N2O/c7-8(9)6-4-2-1-3-5-6/h1-2,6H,3-5,7H2/q-1. The maximum atomic E-state index is 10.5. The Morgan fingerprint density at radius 2 is 2.33 bits per heavy atom. The Hall–Kier alpha value is -0.380. The Balaban J connectivity index is 2.35. The van der Waals surface area contributed by atoms with Gasteiger partial charge in [-0.05, 0) is 19.3 Å². The number of nitrogens with two attached hydrogens (primary N) is 1. The van der Waals surface area contributed by atoms with Crippen molar-refractivity contribution < 1.29 is 0 Å². The molecule has 0 aromatic carbocycles. The molecule has 0 bridgehead atoms. The molecule has 0 radical (unpaired) electrons. The van der Waals surface area contributed by atoms with Gasteiger partial charge in [-0.15, -0.1) is 0 Å². The molecular formula is C6H11N2O-. The van der Waals surface area contributed by atoms with Crippen LogP contribution in [0, 0.1) is 5.21 Å². The van der Waals surface area contributed by atoms with Gasteiger partial charge in [0.2, 0.25) is 0 Å². The van der Waals surface area contributed by atoms with E-state index in [-0.39, 0.29) is 6.04 Å². The normalized spacial score (nSPS) is 27.2. The summed E-state index contributed by atoms with van der Waals surface area (Å²) >= 11 is 0. The van der Waals surface area contributed by atoms with Gasteiger partial charge in [-0.3, -0.25) is 5.84 Å². The van der Waals surface area contributed by atoms with E-state index in [9.17, 15) is 5.21 Å². The fourth-order valence-electron chi connectivity index (χ4n) is 1.01. The summed E-state index contributed by atoms with van der Waals surface area (Å²) in [6.45, 7) is 0. The van der Waals surface area contributed by atoms with Gasteiger partial charge < -0.3 is 10.4 Å². The summed E-state index contributed by atoms with van der Waals surface area (Å²) in [4.78, 5) is 0. The van der Waals surface area contributed by atoms with Crippen LogP contribution in [0.5, 0.6) is 0 Å². The van der Waals surface area contributed by atoms with Crippen molar-refractivity contribution in [3.05, 3.63) is 17.4 Å². The summed E-state index contributed by atoms with van der Waals surface area (Å²) in [6.07, 6.45) is 6.78. The molecule has 0 aliphatic heterocycles. The largest absolute Gasteiger partial charge is 0.772 e. The first kappa shape index (κ1) is 6.74. The highest BCUT2D eigenvalue weighted by atomic mass is 16.5. The van der Waals surface area contributed by atoms with E-state index in [4.69, 9.17) is 5.84 Å². The topological polar surface area (TPSA) is 52.3 Å². The van der Waals surface area contributed by atoms with E-state index in [0.29, 0.717) is 5.17 Å². The van der Waals surface area contributed by atoms with Gasteiger partial charge in [0.1, 0.15) is 0 Å². The van der Waals surface area contributed by atoms with Crippen molar-refractivity contribution in [2.24, 2.45) is 5.84 Å². The second kappa shape index (κ2) is 2.96. The predicted molar refractivity (Wildman–Crippen MR) is 36.2 cm³/mol. The third-order valence-electron chi connectivity index (χ3n) is 1.60. The van der Waals surface area contributed by atoms with Gasteiger partial charge in [0, 0.05) is 6.04 Å². The molecule has 0 spiro atoms. The fourth-order valence-corrected chi connectivity index (χ4v) is 1.01. The van der Waals surface area contributed by atoms with E-state index in [0.717, 1.165) is 19.3 Å². The van der Waals surface area contributed by atoms with E-state index >= 15 is 0 Å². The third kappa shape index (κ3) is 1.78. The lowest BCUT2D eigenvalue weighted by molar-refractivity contribution is 0.267. The zero-order chi connectivity index (χ0) is 6.69. The second-order valence-corrected chi connectivity index (χ2v) is 2.30. The molecule has 3 nitrogen and oxygen atoms in total. The molecule has 0 amide bonds. The average molecular weight is 127 g/mol. The first-order valence-corrected chi connectivity index (χ1v) is 3.17. The Morgan fingerprint density at radius 1 is 1.56 bits per heavy atom. The highest BCUT2D eigenvalue weighted by molar-refractivity contribution is 4.92. The number of hydrogen-bond donors (Lipinski definition) is 1. The van der Waals surface area contributed by atoms with Crippen LogP contribution in [0.25, 0.3) is 0 Å². The smallest absolute Gasteiger partial charge is 0.0143 e. The maximum absolute atomic E-state index is 10.5. The zero-order valence-electron chi connectivity index (χ0n) is 5.29. The third-order valence-corrected chi connectivity index (χ3v) is 1.60. The fraction of sp³-hybridized carbons (Fsp3) is 0.667. The number of hydrogen-bond acceptors (Lipinski definition) is 3. The molecule has 0 saturated heterocycles. The van der Waals surface area contributed by atoms with Crippen molar-refractivity contribution >= 4 is 0 Å². The van der Waals surface area contributed by atoms with E-state index in [1.165, 1.54) is 0 Å². The Bertz CT molecular complexity index is 112. The van der Waals surface area contributed by atoms with Gasteiger partial charge in [0.05, 0.1) is 0 Å². The molecule has 3 heteroatoms. The van der Waals surface area contributed by atoms with E-state index in [1.807, 2.05) is 6.08 Å². The number of hydroxylamine groups is 1. The van der Waals surface area contributed by atoms with Crippen molar-refractivity contribution in [2.75, 3.05) is 0 Å². The molecule has 0 aromatic heterocycles. The number of nitrogens with zero attached hydrogens (tertiary/aromatic N) is 1. The highest BCUT2D eigenvalue weighted by Gasteiger charge is 2.07. The van der Waals surface area contributed by atoms with Gasteiger partial charge in [-0.25, -0.2) is 0 Å². The van der Waals surface area contributed by atoms with Crippen molar-refractivity contribution in [1.82, 2.24) is 5.17 Å². The lowest BCUT2D eigenvalue weighted by Gasteiger charge is -2.32. The van der Waals surface area contributed by atoms with Gasteiger partial charge in [0.15, 0.2) is 0 Å². The zero-order valence-corrected chi connectivity index (χ0v) is 5.29. The summed E-state index contributed by atoms with van der Waals surface area (Å²) in [6, 6.07) is 0.0231.